The summed E-state index contributed by atoms with van der Waals surface area (Å²) in [6.45, 7) is 2.22. The average molecular weight is 408 g/mol. The molecule has 0 amide bonds. The molecule has 1 saturated heterocycles. The van der Waals surface area contributed by atoms with Crippen LogP contribution in [0.4, 0.5) is 11.4 Å². The molecule has 0 bridgehead atoms. The minimum Gasteiger partial charge on any atom is -0.372 e. The summed E-state index contributed by atoms with van der Waals surface area (Å²) in [6, 6.07) is 19.4. The van der Waals surface area contributed by atoms with E-state index in [1.165, 1.54) is 35.5 Å². The first-order chi connectivity index (χ1) is 14.1. The molecule has 29 heavy (non-hydrogen) atoms. The fourth-order valence-corrected chi connectivity index (χ4v) is 4.85. The second-order valence-corrected chi connectivity index (χ2v) is 9.28. The van der Waals surface area contributed by atoms with Crippen molar-refractivity contribution in [3.63, 3.8) is 0 Å². The maximum atomic E-state index is 12.8. The molecule has 4 rings (SSSR count). The highest BCUT2D eigenvalue weighted by Gasteiger charge is 2.21. The van der Waals surface area contributed by atoms with Crippen molar-refractivity contribution in [3.8, 4) is 11.1 Å². The van der Waals surface area contributed by atoms with E-state index < -0.39 is 10.0 Å². The number of rotatable bonds is 5. The molecule has 0 atom stereocenters. The molecule has 6 heteroatoms. The number of piperidine rings is 1. The largest absolute Gasteiger partial charge is 0.372 e. The third-order valence-corrected chi connectivity index (χ3v) is 7.19. The van der Waals surface area contributed by atoms with Gasteiger partial charge in [-0.1, -0.05) is 24.3 Å². The van der Waals surface area contributed by atoms with Crippen LogP contribution < -0.4 is 9.21 Å². The number of anilines is 2. The van der Waals surface area contributed by atoms with Crippen molar-refractivity contribution in [3.05, 3.63) is 73.1 Å². The lowest BCUT2D eigenvalue weighted by Gasteiger charge is -2.29. The molecular formula is C23H25N3O2S. The number of hydrogen-bond donors (Lipinski definition) is 0. The zero-order valence-electron chi connectivity index (χ0n) is 16.5. The van der Waals surface area contributed by atoms with Crippen LogP contribution in [0, 0.1) is 0 Å². The molecule has 1 aliphatic heterocycles. The van der Waals surface area contributed by atoms with Crippen LogP contribution >= 0.6 is 0 Å². The summed E-state index contributed by atoms with van der Waals surface area (Å²) in [5, 5.41) is 0. The monoisotopic (exact) mass is 407 g/mol. The fraction of sp³-hybridized carbons (Fsp3) is 0.261. The van der Waals surface area contributed by atoms with Gasteiger partial charge in [0, 0.05) is 38.2 Å². The Balaban J connectivity index is 1.57. The fourth-order valence-electron chi connectivity index (χ4n) is 3.69. The Labute approximate surface area is 172 Å². The summed E-state index contributed by atoms with van der Waals surface area (Å²) in [5.41, 5.74) is 4.07. The predicted molar refractivity (Wildman–Crippen MR) is 118 cm³/mol. The first kappa shape index (κ1) is 19.5. The Hall–Kier alpha value is -2.86. The van der Waals surface area contributed by atoms with Crippen molar-refractivity contribution in [1.29, 1.82) is 0 Å². The van der Waals surface area contributed by atoms with Crippen molar-refractivity contribution in [1.82, 2.24) is 4.98 Å². The van der Waals surface area contributed by atoms with Crippen LogP contribution in [0.3, 0.4) is 0 Å². The standard InChI is InChI=1S/C23H25N3O2S/c1-25(29(27,28)23-9-6-14-24-18-23)21-12-10-19(11-13-21)20-7-5-8-22(17-20)26-15-3-2-4-16-26/h5-14,17-18H,2-4,15-16H2,1H3. The SMILES string of the molecule is CN(c1ccc(-c2cccc(N3CCCCC3)c2)cc1)S(=O)(=O)c1cccnc1. The van der Waals surface area contributed by atoms with Gasteiger partial charge in [-0.05, 0) is 66.8 Å². The molecule has 0 N–H and O–H groups in total. The van der Waals surface area contributed by atoms with Crippen molar-refractivity contribution in [2.45, 2.75) is 24.2 Å². The summed E-state index contributed by atoms with van der Waals surface area (Å²) < 4.78 is 26.9. The van der Waals surface area contributed by atoms with Crippen molar-refractivity contribution in [2.24, 2.45) is 0 Å². The highest BCUT2D eigenvalue weighted by atomic mass is 32.2. The zero-order chi connectivity index (χ0) is 20.3. The number of pyridine rings is 1. The molecule has 150 valence electrons. The molecule has 3 aromatic rings. The van der Waals surface area contributed by atoms with E-state index in [0.717, 1.165) is 24.2 Å². The third kappa shape index (κ3) is 4.12. The van der Waals surface area contributed by atoms with E-state index >= 15 is 0 Å². The molecule has 1 fully saturated rings. The van der Waals surface area contributed by atoms with E-state index in [2.05, 4.69) is 34.1 Å². The Bertz CT molecular complexity index is 1060. The topological polar surface area (TPSA) is 53.5 Å². The number of nitrogens with zero attached hydrogens (tertiary/aromatic N) is 3. The number of hydrogen-bond acceptors (Lipinski definition) is 4. The van der Waals surface area contributed by atoms with Gasteiger partial charge in [0.05, 0.1) is 5.69 Å². The van der Waals surface area contributed by atoms with Gasteiger partial charge in [-0.3, -0.25) is 9.29 Å². The molecule has 2 aromatic carbocycles. The Morgan fingerprint density at radius 2 is 1.66 bits per heavy atom. The van der Waals surface area contributed by atoms with Gasteiger partial charge >= 0.3 is 0 Å². The molecule has 0 radical (unpaired) electrons. The van der Waals surface area contributed by atoms with Gasteiger partial charge in [0.2, 0.25) is 0 Å². The van der Waals surface area contributed by atoms with Crippen LogP contribution in [0.2, 0.25) is 0 Å². The number of sulfonamides is 1. The van der Waals surface area contributed by atoms with E-state index in [1.807, 2.05) is 24.3 Å². The Morgan fingerprint density at radius 1 is 0.897 bits per heavy atom. The van der Waals surface area contributed by atoms with Gasteiger partial charge in [0.15, 0.2) is 0 Å². The lowest BCUT2D eigenvalue weighted by molar-refractivity contribution is 0.578. The molecule has 2 heterocycles. The van der Waals surface area contributed by atoms with E-state index in [4.69, 9.17) is 0 Å². The van der Waals surface area contributed by atoms with Gasteiger partial charge in [0.25, 0.3) is 10.0 Å². The third-order valence-electron chi connectivity index (χ3n) is 5.42. The minimum atomic E-state index is -3.63. The van der Waals surface area contributed by atoms with E-state index in [1.54, 1.807) is 25.4 Å². The maximum absolute atomic E-state index is 12.8. The lowest BCUT2D eigenvalue weighted by Crippen LogP contribution is -2.29. The molecule has 0 saturated carbocycles. The van der Waals surface area contributed by atoms with E-state index in [0.29, 0.717) is 5.69 Å². The van der Waals surface area contributed by atoms with Crippen LogP contribution in [0.25, 0.3) is 11.1 Å². The zero-order valence-corrected chi connectivity index (χ0v) is 17.3. The summed E-state index contributed by atoms with van der Waals surface area (Å²) in [5.74, 6) is 0. The van der Waals surface area contributed by atoms with Crippen LogP contribution in [0.1, 0.15) is 19.3 Å². The van der Waals surface area contributed by atoms with E-state index in [-0.39, 0.29) is 4.90 Å². The quantitative estimate of drug-likeness (QED) is 0.622. The summed E-state index contributed by atoms with van der Waals surface area (Å²) in [6.07, 6.45) is 6.73. The van der Waals surface area contributed by atoms with Gasteiger partial charge < -0.3 is 4.90 Å². The minimum absolute atomic E-state index is 0.181. The molecule has 0 unspecified atom stereocenters. The molecule has 0 aliphatic carbocycles. The predicted octanol–water partition coefficient (Wildman–Crippen LogP) is 4.56. The second-order valence-electron chi connectivity index (χ2n) is 7.31. The van der Waals surface area contributed by atoms with Gasteiger partial charge in [-0.15, -0.1) is 0 Å². The second kappa shape index (κ2) is 8.25. The van der Waals surface area contributed by atoms with E-state index in [9.17, 15) is 8.42 Å². The maximum Gasteiger partial charge on any atom is 0.265 e. The van der Waals surface area contributed by atoms with Gasteiger partial charge in [0.1, 0.15) is 4.90 Å². The van der Waals surface area contributed by atoms with Crippen LogP contribution in [-0.2, 0) is 10.0 Å². The van der Waals surface area contributed by atoms with Crippen LogP contribution in [-0.4, -0.2) is 33.5 Å². The number of aromatic nitrogens is 1. The summed E-state index contributed by atoms with van der Waals surface area (Å²) >= 11 is 0. The summed E-state index contributed by atoms with van der Waals surface area (Å²) in [7, 11) is -2.06. The van der Waals surface area contributed by atoms with Crippen molar-refractivity contribution >= 4 is 21.4 Å². The smallest absolute Gasteiger partial charge is 0.265 e. The Kier molecular flexibility index (Phi) is 5.53. The first-order valence-electron chi connectivity index (χ1n) is 9.90. The average Bonchev–Trinajstić information content (AvgIpc) is 2.80. The molecule has 1 aromatic heterocycles. The van der Waals surface area contributed by atoms with Crippen LogP contribution in [0.5, 0.6) is 0 Å². The lowest BCUT2D eigenvalue weighted by atomic mass is 10.0. The highest BCUT2D eigenvalue weighted by Crippen LogP contribution is 2.29. The Morgan fingerprint density at radius 3 is 2.34 bits per heavy atom. The first-order valence-corrected chi connectivity index (χ1v) is 11.3. The van der Waals surface area contributed by atoms with Crippen molar-refractivity contribution in [2.75, 3.05) is 29.3 Å². The number of benzene rings is 2. The molecule has 5 nitrogen and oxygen atoms in total. The van der Waals surface area contributed by atoms with Gasteiger partial charge in [-0.2, -0.15) is 0 Å². The molecule has 1 aliphatic rings. The highest BCUT2D eigenvalue weighted by molar-refractivity contribution is 7.92. The van der Waals surface area contributed by atoms with Crippen LogP contribution in [0.15, 0.2) is 78.0 Å². The summed E-state index contributed by atoms with van der Waals surface area (Å²) in [4.78, 5) is 6.54. The molecular weight excluding hydrogens is 382 g/mol. The van der Waals surface area contributed by atoms with Crippen molar-refractivity contribution < 1.29 is 8.42 Å². The van der Waals surface area contributed by atoms with Gasteiger partial charge in [-0.25, -0.2) is 8.42 Å². The molecule has 0 spiro atoms. The normalized spacial score (nSPS) is 14.6.